The maximum absolute atomic E-state index is 12.6. The van der Waals surface area contributed by atoms with Gasteiger partial charge in [-0.1, -0.05) is 25.1 Å². The van der Waals surface area contributed by atoms with E-state index in [9.17, 15) is 14.7 Å². The fourth-order valence-corrected chi connectivity index (χ4v) is 4.01. The molecule has 0 radical (unpaired) electrons. The summed E-state index contributed by atoms with van der Waals surface area (Å²) in [6, 6.07) is 6.99. The lowest BCUT2D eigenvalue weighted by molar-refractivity contribution is -0.135. The summed E-state index contributed by atoms with van der Waals surface area (Å²) in [6.45, 7) is 8.24. The van der Waals surface area contributed by atoms with Crippen LogP contribution in [0.4, 0.5) is 0 Å². The number of rotatable bonds is 5. The summed E-state index contributed by atoms with van der Waals surface area (Å²) < 4.78 is 0. The Morgan fingerprint density at radius 3 is 2.22 bits per heavy atom. The highest BCUT2D eigenvalue weighted by Gasteiger charge is 2.27. The van der Waals surface area contributed by atoms with Crippen LogP contribution in [-0.4, -0.2) is 77.4 Å². The molecule has 2 fully saturated rings. The predicted octanol–water partition coefficient (Wildman–Crippen LogP) is 1.73. The molecule has 2 aliphatic heterocycles. The van der Waals surface area contributed by atoms with Crippen LogP contribution in [0, 0.1) is 5.92 Å². The number of piperazine rings is 1. The van der Waals surface area contributed by atoms with Gasteiger partial charge in [0.05, 0.1) is 6.42 Å². The Morgan fingerprint density at radius 1 is 0.963 bits per heavy atom. The quantitative estimate of drug-likeness (QED) is 0.854. The van der Waals surface area contributed by atoms with Gasteiger partial charge in [-0.3, -0.25) is 9.59 Å². The second kappa shape index (κ2) is 9.22. The van der Waals surface area contributed by atoms with Crippen molar-refractivity contribution in [3.63, 3.8) is 0 Å². The number of aromatic hydroxyl groups is 1. The molecule has 1 aromatic rings. The Kier molecular flexibility index (Phi) is 6.72. The number of hydrogen-bond donors (Lipinski definition) is 1. The fraction of sp³-hybridized carbons (Fsp3) is 0.619. The summed E-state index contributed by atoms with van der Waals surface area (Å²) in [5.74, 6) is 0.868. The van der Waals surface area contributed by atoms with Gasteiger partial charge < -0.3 is 19.8 Å². The predicted molar refractivity (Wildman–Crippen MR) is 104 cm³/mol. The minimum absolute atomic E-state index is 0.0527. The summed E-state index contributed by atoms with van der Waals surface area (Å²) in [7, 11) is 0. The number of likely N-dealkylation sites (tertiary alicyclic amines) is 1. The van der Waals surface area contributed by atoms with E-state index in [4.69, 9.17) is 0 Å². The molecule has 2 heterocycles. The number of nitrogens with zero attached hydrogens (tertiary/aromatic N) is 3. The number of hydrogen-bond acceptors (Lipinski definition) is 4. The van der Waals surface area contributed by atoms with Crippen molar-refractivity contribution in [3.05, 3.63) is 29.8 Å². The van der Waals surface area contributed by atoms with Gasteiger partial charge in [0, 0.05) is 51.3 Å². The lowest BCUT2D eigenvalue weighted by Gasteiger charge is -2.36. The Morgan fingerprint density at radius 2 is 1.59 bits per heavy atom. The number of phenolic OH excluding ortho intramolecular Hbond substituents is 1. The molecule has 0 spiro atoms. The highest BCUT2D eigenvalue weighted by atomic mass is 16.3. The molecule has 27 heavy (non-hydrogen) atoms. The van der Waals surface area contributed by atoms with E-state index in [2.05, 4.69) is 11.8 Å². The monoisotopic (exact) mass is 373 g/mol. The van der Waals surface area contributed by atoms with Gasteiger partial charge in [-0.2, -0.15) is 0 Å². The summed E-state index contributed by atoms with van der Waals surface area (Å²) >= 11 is 0. The summed E-state index contributed by atoms with van der Waals surface area (Å²) in [4.78, 5) is 31.3. The van der Waals surface area contributed by atoms with Gasteiger partial charge in [0.2, 0.25) is 11.8 Å². The van der Waals surface area contributed by atoms with E-state index in [0.717, 1.165) is 45.6 Å². The molecule has 2 aliphatic rings. The first kappa shape index (κ1) is 19.7. The van der Waals surface area contributed by atoms with Crippen molar-refractivity contribution in [1.82, 2.24) is 14.7 Å². The average molecular weight is 373 g/mol. The van der Waals surface area contributed by atoms with E-state index in [1.807, 2.05) is 15.9 Å². The van der Waals surface area contributed by atoms with Gasteiger partial charge in [-0.25, -0.2) is 0 Å². The first-order valence-corrected chi connectivity index (χ1v) is 10.1. The molecule has 0 aromatic heterocycles. The number of carbonyl (C=O) groups excluding carboxylic acids is 2. The smallest absolute Gasteiger partial charge is 0.227 e. The third kappa shape index (κ3) is 5.22. The molecule has 6 heteroatoms. The zero-order chi connectivity index (χ0) is 19.2. The Balaban J connectivity index is 1.41. The second-order valence-electron chi connectivity index (χ2n) is 7.65. The number of likely N-dealkylation sites (N-methyl/N-ethyl adjacent to an activating group) is 1. The van der Waals surface area contributed by atoms with Crippen LogP contribution >= 0.6 is 0 Å². The average Bonchev–Trinajstić information content (AvgIpc) is 2.70. The molecule has 6 nitrogen and oxygen atoms in total. The molecule has 0 aliphatic carbocycles. The Labute approximate surface area is 161 Å². The van der Waals surface area contributed by atoms with E-state index in [-0.39, 0.29) is 24.0 Å². The SMILES string of the molecule is CCN1CCN(C(=O)CC2CCN(C(=O)Cc3ccccc3O)CC2)CC1. The van der Waals surface area contributed by atoms with Gasteiger partial charge in [0.15, 0.2) is 0 Å². The number of carbonyl (C=O) groups is 2. The van der Waals surface area contributed by atoms with Crippen LogP contribution in [0.3, 0.4) is 0 Å². The zero-order valence-electron chi connectivity index (χ0n) is 16.3. The number of phenols is 1. The van der Waals surface area contributed by atoms with Gasteiger partial charge in [0.25, 0.3) is 0 Å². The third-order valence-corrected chi connectivity index (χ3v) is 5.94. The van der Waals surface area contributed by atoms with Gasteiger partial charge in [-0.05, 0) is 31.4 Å². The van der Waals surface area contributed by atoms with Crippen LogP contribution in [0.15, 0.2) is 24.3 Å². The molecule has 2 amide bonds. The van der Waals surface area contributed by atoms with Gasteiger partial charge in [-0.15, -0.1) is 0 Å². The third-order valence-electron chi connectivity index (χ3n) is 5.94. The lowest BCUT2D eigenvalue weighted by Crippen LogP contribution is -2.49. The number of benzene rings is 1. The van der Waals surface area contributed by atoms with Crippen LogP contribution in [0.25, 0.3) is 0 Å². The Bertz CT molecular complexity index is 648. The van der Waals surface area contributed by atoms with E-state index in [1.165, 1.54) is 0 Å². The van der Waals surface area contributed by atoms with Crippen LogP contribution in [0.2, 0.25) is 0 Å². The molecule has 0 saturated carbocycles. The molecule has 1 aromatic carbocycles. The highest BCUT2D eigenvalue weighted by molar-refractivity contribution is 5.80. The molecular formula is C21H31N3O3. The molecule has 0 atom stereocenters. The van der Waals surface area contributed by atoms with E-state index in [1.54, 1.807) is 18.2 Å². The molecule has 0 bridgehead atoms. The van der Waals surface area contributed by atoms with Crippen LogP contribution in [-0.2, 0) is 16.0 Å². The van der Waals surface area contributed by atoms with Crippen LogP contribution in [0.1, 0.15) is 31.7 Å². The molecule has 2 saturated heterocycles. The number of para-hydroxylation sites is 1. The molecule has 3 rings (SSSR count). The summed E-state index contributed by atoms with van der Waals surface area (Å²) in [5, 5.41) is 9.84. The minimum atomic E-state index is 0.0527. The lowest BCUT2D eigenvalue weighted by atomic mass is 9.92. The van der Waals surface area contributed by atoms with E-state index in [0.29, 0.717) is 31.0 Å². The first-order valence-electron chi connectivity index (χ1n) is 10.1. The largest absolute Gasteiger partial charge is 0.508 e. The van der Waals surface area contributed by atoms with Gasteiger partial charge in [0.1, 0.15) is 5.75 Å². The first-order chi connectivity index (χ1) is 13.1. The molecule has 148 valence electrons. The zero-order valence-corrected chi connectivity index (χ0v) is 16.3. The van der Waals surface area contributed by atoms with Crippen LogP contribution in [0.5, 0.6) is 5.75 Å². The highest BCUT2D eigenvalue weighted by Crippen LogP contribution is 2.23. The van der Waals surface area contributed by atoms with Crippen LogP contribution < -0.4 is 0 Å². The topological polar surface area (TPSA) is 64.1 Å². The fourth-order valence-electron chi connectivity index (χ4n) is 4.01. The summed E-state index contributed by atoms with van der Waals surface area (Å²) in [5.41, 5.74) is 0.672. The second-order valence-corrected chi connectivity index (χ2v) is 7.65. The minimum Gasteiger partial charge on any atom is -0.508 e. The Hall–Kier alpha value is -2.08. The van der Waals surface area contributed by atoms with Crippen molar-refractivity contribution in [3.8, 4) is 5.75 Å². The number of amides is 2. The van der Waals surface area contributed by atoms with E-state index < -0.39 is 0 Å². The molecular weight excluding hydrogens is 342 g/mol. The maximum atomic E-state index is 12.6. The maximum Gasteiger partial charge on any atom is 0.227 e. The van der Waals surface area contributed by atoms with Crippen molar-refractivity contribution in [2.24, 2.45) is 5.92 Å². The number of piperidine rings is 1. The molecule has 1 N–H and O–H groups in total. The van der Waals surface area contributed by atoms with Crippen molar-refractivity contribution in [2.75, 3.05) is 45.8 Å². The van der Waals surface area contributed by atoms with E-state index >= 15 is 0 Å². The van der Waals surface area contributed by atoms with Crippen molar-refractivity contribution in [2.45, 2.75) is 32.6 Å². The van der Waals surface area contributed by atoms with Gasteiger partial charge >= 0.3 is 0 Å². The molecule has 0 unspecified atom stereocenters. The summed E-state index contributed by atoms with van der Waals surface area (Å²) in [6.07, 6.45) is 2.60. The van der Waals surface area contributed by atoms with Crippen molar-refractivity contribution >= 4 is 11.8 Å². The van der Waals surface area contributed by atoms with Crippen molar-refractivity contribution < 1.29 is 14.7 Å². The standard InChI is InChI=1S/C21H31N3O3/c1-2-22-11-13-24(14-12-22)20(26)15-17-7-9-23(10-8-17)21(27)16-18-5-3-4-6-19(18)25/h3-6,17,25H,2,7-16H2,1H3. The van der Waals surface area contributed by atoms with Crippen molar-refractivity contribution in [1.29, 1.82) is 0 Å². The normalized spacial score (nSPS) is 19.3.